The SMILES string of the molecule is CCOC(CC[C@@H](O)CCl)OCC. The molecule has 80 valence electrons. The van der Waals surface area contributed by atoms with Crippen LogP contribution in [0.3, 0.4) is 0 Å². The van der Waals surface area contributed by atoms with E-state index in [9.17, 15) is 5.11 Å². The molecule has 1 N–H and O–H groups in total. The number of rotatable bonds is 8. The van der Waals surface area contributed by atoms with Crippen LogP contribution in [0.2, 0.25) is 0 Å². The van der Waals surface area contributed by atoms with Crippen LogP contribution < -0.4 is 0 Å². The van der Waals surface area contributed by atoms with Crippen molar-refractivity contribution in [3.05, 3.63) is 0 Å². The van der Waals surface area contributed by atoms with E-state index in [4.69, 9.17) is 21.1 Å². The van der Waals surface area contributed by atoms with E-state index >= 15 is 0 Å². The quantitative estimate of drug-likeness (QED) is 0.490. The molecule has 0 saturated heterocycles. The Morgan fingerprint density at radius 3 is 2.08 bits per heavy atom. The van der Waals surface area contributed by atoms with Crippen molar-refractivity contribution in [1.82, 2.24) is 0 Å². The Labute approximate surface area is 85.0 Å². The zero-order chi connectivity index (χ0) is 10.1. The average molecular weight is 211 g/mol. The predicted octanol–water partition coefficient (Wildman–Crippen LogP) is 1.77. The summed E-state index contributed by atoms with van der Waals surface area (Å²) >= 11 is 5.46. The van der Waals surface area contributed by atoms with Crippen LogP contribution >= 0.6 is 11.6 Å². The summed E-state index contributed by atoms with van der Waals surface area (Å²) in [6.07, 6.45) is 0.655. The Morgan fingerprint density at radius 2 is 1.69 bits per heavy atom. The third-order valence-corrected chi connectivity index (χ3v) is 1.98. The van der Waals surface area contributed by atoms with Crippen molar-refractivity contribution >= 4 is 11.6 Å². The maximum atomic E-state index is 9.20. The second-order valence-corrected chi connectivity index (χ2v) is 3.03. The molecule has 0 aromatic carbocycles. The number of alkyl halides is 1. The van der Waals surface area contributed by atoms with E-state index in [2.05, 4.69) is 0 Å². The zero-order valence-corrected chi connectivity index (χ0v) is 9.09. The first-order valence-electron chi connectivity index (χ1n) is 4.71. The number of halogens is 1. The van der Waals surface area contributed by atoms with Crippen molar-refractivity contribution in [2.45, 2.75) is 39.1 Å². The molecule has 0 radical (unpaired) electrons. The van der Waals surface area contributed by atoms with Gasteiger partial charge in [0.1, 0.15) is 0 Å². The number of aliphatic hydroxyl groups is 1. The minimum atomic E-state index is -0.454. The van der Waals surface area contributed by atoms with Gasteiger partial charge in [0.15, 0.2) is 6.29 Å². The summed E-state index contributed by atoms with van der Waals surface area (Å²) in [7, 11) is 0. The van der Waals surface area contributed by atoms with Crippen molar-refractivity contribution in [3.8, 4) is 0 Å². The van der Waals surface area contributed by atoms with Crippen LogP contribution in [0.5, 0.6) is 0 Å². The zero-order valence-electron chi connectivity index (χ0n) is 8.33. The summed E-state index contributed by atoms with van der Waals surface area (Å²) in [4.78, 5) is 0. The molecule has 13 heavy (non-hydrogen) atoms. The fourth-order valence-electron chi connectivity index (χ4n) is 0.992. The number of aliphatic hydroxyl groups excluding tert-OH is 1. The number of hydrogen-bond donors (Lipinski definition) is 1. The predicted molar refractivity (Wildman–Crippen MR) is 53.0 cm³/mol. The van der Waals surface area contributed by atoms with Crippen molar-refractivity contribution < 1.29 is 14.6 Å². The van der Waals surface area contributed by atoms with Gasteiger partial charge in [0.25, 0.3) is 0 Å². The third-order valence-electron chi connectivity index (χ3n) is 1.62. The lowest BCUT2D eigenvalue weighted by molar-refractivity contribution is -0.142. The number of hydrogen-bond acceptors (Lipinski definition) is 3. The molecular formula is C9H19ClO3. The highest BCUT2D eigenvalue weighted by atomic mass is 35.5. The van der Waals surface area contributed by atoms with Crippen LogP contribution in [0.25, 0.3) is 0 Å². The summed E-state index contributed by atoms with van der Waals surface area (Å²) < 4.78 is 10.6. The molecule has 0 aromatic heterocycles. The summed E-state index contributed by atoms with van der Waals surface area (Å²) in [5.74, 6) is 0.269. The molecule has 0 fully saturated rings. The molecule has 0 heterocycles. The van der Waals surface area contributed by atoms with E-state index in [1.54, 1.807) is 0 Å². The molecule has 0 bridgehead atoms. The Kier molecular flexibility index (Phi) is 8.87. The molecule has 0 aliphatic carbocycles. The molecule has 0 aromatic rings. The molecule has 4 heteroatoms. The van der Waals surface area contributed by atoms with E-state index in [1.165, 1.54) is 0 Å². The van der Waals surface area contributed by atoms with Gasteiger partial charge >= 0.3 is 0 Å². The molecule has 0 aliphatic rings. The normalized spacial score (nSPS) is 13.6. The minimum absolute atomic E-state index is 0.201. The molecule has 0 spiro atoms. The van der Waals surface area contributed by atoms with Gasteiger partial charge < -0.3 is 14.6 Å². The second-order valence-electron chi connectivity index (χ2n) is 2.73. The van der Waals surface area contributed by atoms with E-state index in [0.717, 1.165) is 0 Å². The van der Waals surface area contributed by atoms with Crippen molar-refractivity contribution in [1.29, 1.82) is 0 Å². The van der Waals surface area contributed by atoms with E-state index in [0.29, 0.717) is 26.1 Å². The highest BCUT2D eigenvalue weighted by Gasteiger charge is 2.10. The molecule has 0 aliphatic heterocycles. The fourth-order valence-corrected chi connectivity index (χ4v) is 1.15. The summed E-state index contributed by atoms with van der Waals surface area (Å²) in [5, 5.41) is 9.20. The van der Waals surface area contributed by atoms with Crippen molar-refractivity contribution in [3.63, 3.8) is 0 Å². The van der Waals surface area contributed by atoms with Crippen LogP contribution in [-0.2, 0) is 9.47 Å². The van der Waals surface area contributed by atoms with Gasteiger partial charge in [0.2, 0.25) is 0 Å². The largest absolute Gasteiger partial charge is 0.392 e. The van der Waals surface area contributed by atoms with Crippen LogP contribution in [-0.4, -0.2) is 36.6 Å². The fraction of sp³-hybridized carbons (Fsp3) is 1.00. The van der Waals surface area contributed by atoms with Crippen LogP contribution in [0, 0.1) is 0 Å². The molecule has 0 amide bonds. The first-order chi connectivity index (χ1) is 6.24. The molecule has 0 saturated carbocycles. The average Bonchev–Trinajstić information content (AvgIpc) is 2.14. The highest BCUT2D eigenvalue weighted by molar-refractivity contribution is 6.18. The van der Waals surface area contributed by atoms with Gasteiger partial charge in [-0.2, -0.15) is 0 Å². The van der Waals surface area contributed by atoms with E-state index in [-0.39, 0.29) is 12.2 Å². The minimum Gasteiger partial charge on any atom is -0.392 e. The van der Waals surface area contributed by atoms with Crippen LogP contribution in [0.15, 0.2) is 0 Å². The van der Waals surface area contributed by atoms with Gasteiger partial charge in [-0.15, -0.1) is 11.6 Å². The lowest BCUT2D eigenvalue weighted by Gasteiger charge is -2.17. The van der Waals surface area contributed by atoms with Gasteiger partial charge in [-0.05, 0) is 20.3 Å². The van der Waals surface area contributed by atoms with Crippen LogP contribution in [0.1, 0.15) is 26.7 Å². The highest BCUT2D eigenvalue weighted by Crippen LogP contribution is 2.07. The molecule has 0 unspecified atom stereocenters. The van der Waals surface area contributed by atoms with Gasteiger partial charge in [-0.25, -0.2) is 0 Å². The molecular weight excluding hydrogens is 192 g/mol. The summed E-state index contributed by atoms with van der Waals surface area (Å²) in [5.41, 5.74) is 0. The maximum Gasteiger partial charge on any atom is 0.157 e. The molecule has 1 atom stereocenters. The Bertz CT molecular complexity index is 105. The van der Waals surface area contributed by atoms with Gasteiger partial charge in [-0.3, -0.25) is 0 Å². The lowest BCUT2D eigenvalue weighted by Crippen LogP contribution is -2.20. The molecule has 3 nitrogen and oxygen atoms in total. The molecule has 0 rings (SSSR count). The van der Waals surface area contributed by atoms with Crippen molar-refractivity contribution in [2.75, 3.05) is 19.1 Å². The van der Waals surface area contributed by atoms with Crippen LogP contribution in [0.4, 0.5) is 0 Å². The Balaban J connectivity index is 3.55. The first-order valence-corrected chi connectivity index (χ1v) is 5.25. The summed E-state index contributed by atoms with van der Waals surface area (Å²) in [6.45, 7) is 5.09. The Morgan fingerprint density at radius 1 is 1.15 bits per heavy atom. The lowest BCUT2D eigenvalue weighted by atomic mass is 10.2. The smallest absolute Gasteiger partial charge is 0.157 e. The van der Waals surface area contributed by atoms with E-state index in [1.807, 2.05) is 13.8 Å². The second kappa shape index (κ2) is 8.75. The monoisotopic (exact) mass is 210 g/mol. The van der Waals surface area contributed by atoms with Crippen molar-refractivity contribution in [2.24, 2.45) is 0 Å². The standard InChI is InChI=1S/C9H19ClO3/c1-3-12-9(13-4-2)6-5-8(11)7-10/h8-9,11H,3-7H2,1-2H3/t8-/m1/s1. The Hall–Kier alpha value is 0.170. The van der Waals surface area contributed by atoms with E-state index < -0.39 is 6.10 Å². The third kappa shape index (κ3) is 7.26. The summed E-state index contributed by atoms with van der Waals surface area (Å²) in [6, 6.07) is 0. The maximum absolute atomic E-state index is 9.20. The van der Waals surface area contributed by atoms with Gasteiger partial charge in [0.05, 0.1) is 6.10 Å². The van der Waals surface area contributed by atoms with Gasteiger partial charge in [0, 0.05) is 25.5 Å². The topological polar surface area (TPSA) is 38.7 Å². The first kappa shape index (κ1) is 13.2. The van der Waals surface area contributed by atoms with Gasteiger partial charge in [-0.1, -0.05) is 0 Å². The number of ether oxygens (including phenoxy) is 2.